The van der Waals surface area contributed by atoms with E-state index in [0.717, 1.165) is 64.5 Å². The molecule has 23 heavy (non-hydrogen) atoms. The quantitative estimate of drug-likeness (QED) is 0.908. The second kappa shape index (κ2) is 7.62. The number of likely N-dealkylation sites (tertiary alicyclic amines) is 1. The highest BCUT2D eigenvalue weighted by Crippen LogP contribution is 2.34. The smallest absolute Gasteiger partial charge is 0.226 e. The number of nitrogens with two attached hydrogens (primary N) is 1. The fraction of sp³-hybridized carbons (Fsp3) is 0.812. The van der Waals surface area contributed by atoms with Crippen molar-refractivity contribution in [2.24, 2.45) is 11.7 Å². The minimum atomic E-state index is -0.366. The number of aromatic nitrogens is 2. The molecule has 0 aromatic carbocycles. The number of rotatable bonds is 4. The van der Waals surface area contributed by atoms with Crippen LogP contribution in [0.4, 0.5) is 0 Å². The second-order valence-corrected chi connectivity index (χ2v) is 6.86. The van der Waals surface area contributed by atoms with Crippen molar-refractivity contribution in [2.45, 2.75) is 63.8 Å². The molecule has 0 spiro atoms. The molecule has 1 aromatic rings. The molecule has 7 heteroatoms. The lowest BCUT2D eigenvalue weighted by molar-refractivity contribution is -0.130. The number of hydrogen-bond donors (Lipinski definition) is 1. The van der Waals surface area contributed by atoms with Gasteiger partial charge in [0.1, 0.15) is 0 Å². The Morgan fingerprint density at radius 1 is 1.35 bits per heavy atom. The van der Waals surface area contributed by atoms with Crippen LogP contribution in [-0.4, -0.2) is 34.0 Å². The Kier molecular flexibility index (Phi) is 6.03. The van der Waals surface area contributed by atoms with Crippen LogP contribution < -0.4 is 5.73 Å². The molecule has 0 radical (unpaired) electrons. The Hall–Kier alpha value is -1.14. The summed E-state index contributed by atoms with van der Waals surface area (Å²) in [6, 6.07) is 0. The number of halogens is 1. The summed E-state index contributed by atoms with van der Waals surface area (Å²) < 4.78 is 5.39. The molecule has 1 saturated carbocycles. The molecule has 2 N–H and O–H groups in total. The molecule has 1 aromatic heterocycles. The van der Waals surface area contributed by atoms with Gasteiger partial charge in [0, 0.05) is 26.4 Å². The van der Waals surface area contributed by atoms with Crippen molar-refractivity contribution in [3.63, 3.8) is 0 Å². The zero-order valence-corrected chi connectivity index (χ0v) is 14.6. The van der Waals surface area contributed by atoms with Crippen molar-refractivity contribution in [1.82, 2.24) is 15.0 Å². The maximum Gasteiger partial charge on any atom is 0.226 e. The predicted molar refractivity (Wildman–Crippen MR) is 89.2 cm³/mol. The summed E-state index contributed by atoms with van der Waals surface area (Å²) in [5.41, 5.74) is 5.99. The monoisotopic (exact) mass is 342 g/mol. The topological polar surface area (TPSA) is 85.2 Å². The van der Waals surface area contributed by atoms with Crippen LogP contribution in [0.2, 0.25) is 0 Å². The average Bonchev–Trinajstić information content (AvgIpc) is 3.15. The van der Waals surface area contributed by atoms with E-state index in [-0.39, 0.29) is 23.9 Å². The van der Waals surface area contributed by atoms with Gasteiger partial charge in [-0.25, -0.2) is 0 Å². The fourth-order valence-electron chi connectivity index (χ4n) is 3.65. The van der Waals surface area contributed by atoms with E-state index < -0.39 is 0 Å². The molecule has 1 aliphatic heterocycles. The number of piperidine rings is 1. The van der Waals surface area contributed by atoms with Gasteiger partial charge in [-0.1, -0.05) is 18.0 Å². The minimum Gasteiger partial charge on any atom is -0.343 e. The van der Waals surface area contributed by atoms with Gasteiger partial charge < -0.3 is 15.2 Å². The normalized spacial score (nSPS) is 21.2. The van der Waals surface area contributed by atoms with Crippen molar-refractivity contribution in [3.8, 4) is 0 Å². The molecule has 0 atom stereocenters. The maximum absolute atomic E-state index is 11.3. The summed E-state index contributed by atoms with van der Waals surface area (Å²) in [5, 5.41) is 4.10. The third-order valence-corrected chi connectivity index (χ3v) is 5.24. The summed E-state index contributed by atoms with van der Waals surface area (Å²) in [4.78, 5) is 17.8. The van der Waals surface area contributed by atoms with Crippen molar-refractivity contribution < 1.29 is 9.32 Å². The summed E-state index contributed by atoms with van der Waals surface area (Å²) in [6.07, 6.45) is 8.21. The first-order valence-corrected chi connectivity index (χ1v) is 8.44. The maximum atomic E-state index is 11.3. The van der Waals surface area contributed by atoms with Gasteiger partial charge in [0.15, 0.2) is 5.82 Å². The van der Waals surface area contributed by atoms with Crippen LogP contribution in [-0.2, 0) is 16.8 Å². The summed E-state index contributed by atoms with van der Waals surface area (Å²) in [7, 11) is 0. The van der Waals surface area contributed by atoms with Gasteiger partial charge in [0.25, 0.3) is 0 Å². The Labute approximate surface area is 143 Å². The molecule has 2 heterocycles. The fourth-order valence-corrected chi connectivity index (χ4v) is 3.65. The van der Waals surface area contributed by atoms with Crippen molar-refractivity contribution >= 4 is 18.3 Å². The van der Waals surface area contributed by atoms with Gasteiger partial charge in [0.2, 0.25) is 11.8 Å². The molecular formula is C16H27ClN4O2. The first-order valence-electron chi connectivity index (χ1n) is 8.44. The van der Waals surface area contributed by atoms with Crippen molar-refractivity contribution in [1.29, 1.82) is 0 Å². The number of aryl methyl sites for hydroxylation is 1. The van der Waals surface area contributed by atoms with E-state index in [0.29, 0.717) is 17.6 Å². The molecule has 0 unspecified atom stereocenters. The van der Waals surface area contributed by atoms with Crippen LogP contribution in [0.1, 0.15) is 63.6 Å². The Morgan fingerprint density at radius 2 is 2.00 bits per heavy atom. The van der Waals surface area contributed by atoms with E-state index in [1.165, 1.54) is 0 Å². The van der Waals surface area contributed by atoms with Gasteiger partial charge in [-0.05, 0) is 38.0 Å². The molecule has 2 fully saturated rings. The minimum absolute atomic E-state index is 0. The number of carbonyl (C=O) groups is 1. The number of nitrogens with zero attached hydrogens (tertiary/aromatic N) is 3. The van der Waals surface area contributed by atoms with E-state index in [2.05, 4.69) is 10.1 Å². The molecule has 1 amide bonds. The van der Waals surface area contributed by atoms with Crippen molar-refractivity contribution in [2.75, 3.05) is 13.1 Å². The third kappa shape index (κ3) is 4.23. The van der Waals surface area contributed by atoms with Crippen LogP contribution in [0, 0.1) is 5.92 Å². The van der Waals surface area contributed by atoms with Crippen LogP contribution in [0.5, 0.6) is 0 Å². The highest BCUT2D eigenvalue weighted by molar-refractivity contribution is 5.85. The highest BCUT2D eigenvalue weighted by atomic mass is 35.5. The van der Waals surface area contributed by atoms with Crippen LogP contribution in [0.15, 0.2) is 4.52 Å². The van der Waals surface area contributed by atoms with Gasteiger partial charge in [0.05, 0.1) is 5.54 Å². The van der Waals surface area contributed by atoms with Gasteiger partial charge in [-0.3, -0.25) is 4.79 Å². The Bertz CT molecular complexity index is 520. The van der Waals surface area contributed by atoms with E-state index in [1.54, 1.807) is 6.92 Å². The Balaban J connectivity index is 0.00000192. The molecule has 0 bridgehead atoms. The summed E-state index contributed by atoms with van der Waals surface area (Å²) >= 11 is 0. The molecule has 2 aliphatic rings. The second-order valence-electron chi connectivity index (χ2n) is 6.86. The zero-order valence-electron chi connectivity index (χ0n) is 13.8. The van der Waals surface area contributed by atoms with Crippen LogP contribution >= 0.6 is 12.4 Å². The molecule has 6 nitrogen and oxygen atoms in total. The first kappa shape index (κ1) is 18.2. The summed E-state index contributed by atoms with van der Waals surface area (Å²) in [6.45, 7) is 3.40. The van der Waals surface area contributed by atoms with E-state index in [9.17, 15) is 4.79 Å². The van der Waals surface area contributed by atoms with E-state index >= 15 is 0 Å². The SMILES string of the molecule is CC(=O)N1CCC(CCc2nc(C3(N)CCCC3)no2)CC1.Cl. The lowest BCUT2D eigenvalue weighted by Gasteiger charge is -2.31. The van der Waals surface area contributed by atoms with Crippen molar-refractivity contribution in [3.05, 3.63) is 11.7 Å². The lowest BCUT2D eigenvalue weighted by Crippen LogP contribution is -2.37. The average molecular weight is 343 g/mol. The molecular weight excluding hydrogens is 316 g/mol. The summed E-state index contributed by atoms with van der Waals surface area (Å²) in [5.74, 6) is 2.22. The Morgan fingerprint density at radius 3 is 2.61 bits per heavy atom. The molecule has 130 valence electrons. The van der Waals surface area contributed by atoms with Gasteiger partial charge in [-0.2, -0.15) is 4.98 Å². The molecule has 1 saturated heterocycles. The first-order chi connectivity index (χ1) is 10.6. The number of carbonyl (C=O) groups excluding carboxylic acids is 1. The largest absolute Gasteiger partial charge is 0.343 e. The predicted octanol–water partition coefficient (Wildman–Crippen LogP) is 2.41. The van der Waals surface area contributed by atoms with Crippen LogP contribution in [0.25, 0.3) is 0 Å². The zero-order chi connectivity index (χ0) is 15.6. The highest BCUT2D eigenvalue weighted by Gasteiger charge is 2.36. The van der Waals surface area contributed by atoms with E-state index in [1.807, 2.05) is 4.90 Å². The lowest BCUT2D eigenvalue weighted by atomic mass is 9.92. The standard InChI is InChI=1S/C16H26N4O2.ClH/c1-12(21)20-10-6-13(7-11-20)4-5-14-18-15(19-22-14)16(17)8-2-3-9-16;/h13H,2-11,17H2,1H3;1H. The van der Waals surface area contributed by atoms with Gasteiger partial charge in [-0.15, -0.1) is 12.4 Å². The molecule has 1 aliphatic carbocycles. The van der Waals surface area contributed by atoms with Crippen LogP contribution in [0.3, 0.4) is 0 Å². The molecule has 3 rings (SSSR count). The number of hydrogen-bond acceptors (Lipinski definition) is 5. The van der Waals surface area contributed by atoms with Gasteiger partial charge >= 0.3 is 0 Å². The number of amides is 1. The van der Waals surface area contributed by atoms with E-state index in [4.69, 9.17) is 10.3 Å². The third-order valence-electron chi connectivity index (χ3n) is 5.24.